The number of benzene rings is 1. The van der Waals surface area contributed by atoms with Crippen molar-refractivity contribution in [2.75, 3.05) is 21.3 Å². The molecular formula is C20H26N2O4S. The predicted octanol–water partition coefficient (Wildman–Crippen LogP) is 3.18. The molecule has 0 bridgehead atoms. The molecule has 1 heterocycles. The second-order valence-electron chi connectivity index (χ2n) is 6.56. The van der Waals surface area contributed by atoms with Gasteiger partial charge in [0.15, 0.2) is 11.5 Å². The Labute approximate surface area is 164 Å². The molecule has 0 saturated carbocycles. The Bertz CT molecular complexity index is 774. The van der Waals surface area contributed by atoms with Gasteiger partial charge in [0.1, 0.15) is 6.04 Å². The van der Waals surface area contributed by atoms with Gasteiger partial charge in [0, 0.05) is 13.6 Å². The fourth-order valence-corrected chi connectivity index (χ4v) is 3.33. The van der Waals surface area contributed by atoms with E-state index >= 15 is 0 Å². The maximum Gasteiger partial charge on any atom is 0.262 e. The molecule has 0 saturated heterocycles. The maximum absolute atomic E-state index is 12.9. The Kier molecular flexibility index (Phi) is 7.24. The number of carbonyl (C=O) groups excluding carboxylic acids is 2. The van der Waals surface area contributed by atoms with Gasteiger partial charge in [-0.15, -0.1) is 11.3 Å². The summed E-state index contributed by atoms with van der Waals surface area (Å²) in [5.41, 5.74) is 0.913. The summed E-state index contributed by atoms with van der Waals surface area (Å²) >= 11 is 1.35. The first-order valence-corrected chi connectivity index (χ1v) is 9.55. The zero-order valence-electron chi connectivity index (χ0n) is 16.3. The number of nitrogens with zero attached hydrogens (tertiary/aromatic N) is 1. The lowest BCUT2D eigenvalue weighted by molar-refractivity contribution is -0.133. The molecule has 0 fully saturated rings. The third-order valence-electron chi connectivity index (χ3n) is 4.21. The molecule has 0 aliphatic carbocycles. The van der Waals surface area contributed by atoms with Crippen molar-refractivity contribution in [2.45, 2.75) is 26.4 Å². The van der Waals surface area contributed by atoms with E-state index in [0.29, 0.717) is 22.9 Å². The highest BCUT2D eigenvalue weighted by Gasteiger charge is 2.27. The lowest BCUT2D eigenvalue weighted by Gasteiger charge is -2.27. The quantitative estimate of drug-likeness (QED) is 0.752. The molecule has 0 spiro atoms. The van der Waals surface area contributed by atoms with E-state index in [4.69, 9.17) is 9.47 Å². The Hall–Kier alpha value is -2.54. The van der Waals surface area contributed by atoms with Crippen LogP contribution in [0.25, 0.3) is 0 Å². The summed E-state index contributed by atoms with van der Waals surface area (Å²) in [4.78, 5) is 27.5. The van der Waals surface area contributed by atoms with Crippen molar-refractivity contribution < 1.29 is 19.1 Å². The fourth-order valence-electron chi connectivity index (χ4n) is 2.70. The number of hydrogen-bond acceptors (Lipinski definition) is 5. The first-order chi connectivity index (χ1) is 12.9. The third-order valence-corrected chi connectivity index (χ3v) is 5.08. The second-order valence-corrected chi connectivity index (χ2v) is 7.50. The molecule has 6 nitrogen and oxygen atoms in total. The van der Waals surface area contributed by atoms with E-state index in [1.54, 1.807) is 32.2 Å². The van der Waals surface area contributed by atoms with E-state index in [2.05, 4.69) is 5.32 Å². The highest BCUT2D eigenvalue weighted by molar-refractivity contribution is 7.12. The van der Waals surface area contributed by atoms with Crippen LogP contribution < -0.4 is 14.8 Å². The Morgan fingerprint density at radius 2 is 1.85 bits per heavy atom. The normalized spacial score (nSPS) is 11.8. The number of nitrogens with one attached hydrogen (secondary N) is 1. The number of carbonyl (C=O) groups is 2. The summed E-state index contributed by atoms with van der Waals surface area (Å²) in [6.07, 6.45) is 0. The highest BCUT2D eigenvalue weighted by atomic mass is 32.1. The molecule has 1 N–H and O–H groups in total. The van der Waals surface area contributed by atoms with E-state index in [1.165, 1.54) is 11.3 Å². The molecule has 2 amide bonds. The molecule has 27 heavy (non-hydrogen) atoms. The molecule has 1 unspecified atom stereocenters. The molecule has 2 aromatic rings. The standard InChI is InChI=1S/C20H26N2O4S/c1-13(2)18(21-19(23)17-7-6-10-27-17)20(24)22(3)12-14-8-9-15(25-4)16(11-14)26-5/h6-11,13,18H,12H2,1-5H3,(H,21,23). The molecule has 1 aromatic carbocycles. The molecule has 1 atom stereocenters. The second kappa shape index (κ2) is 9.41. The van der Waals surface area contributed by atoms with Crippen molar-refractivity contribution in [3.8, 4) is 11.5 Å². The summed E-state index contributed by atoms with van der Waals surface area (Å²) < 4.78 is 10.6. The Morgan fingerprint density at radius 1 is 1.15 bits per heavy atom. The molecular weight excluding hydrogens is 364 g/mol. The van der Waals surface area contributed by atoms with Crippen molar-refractivity contribution in [1.82, 2.24) is 10.2 Å². The van der Waals surface area contributed by atoms with Crippen LogP contribution in [0.2, 0.25) is 0 Å². The van der Waals surface area contributed by atoms with Gasteiger partial charge in [-0.25, -0.2) is 0 Å². The molecule has 1 aromatic heterocycles. The minimum absolute atomic E-state index is 0.0331. The zero-order chi connectivity index (χ0) is 20.0. The maximum atomic E-state index is 12.9. The minimum atomic E-state index is -0.593. The van der Waals surface area contributed by atoms with Crippen molar-refractivity contribution in [3.05, 3.63) is 46.2 Å². The number of hydrogen-bond donors (Lipinski definition) is 1. The van der Waals surface area contributed by atoms with Gasteiger partial charge in [0.05, 0.1) is 19.1 Å². The topological polar surface area (TPSA) is 67.9 Å². The van der Waals surface area contributed by atoms with Crippen LogP contribution in [-0.2, 0) is 11.3 Å². The van der Waals surface area contributed by atoms with Crippen LogP contribution in [0.3, 0.4) is 0 Å². The molecule has 7 heteroatoms. The number of thiophene rings is 1. The largest absolute Gasteiger partial charge is 0.493 e. The number of rotatable bonds is 8. The SMILES string of the molecule is COc1ccc(CN(C)C(=O)C(NC(=O)c2cccs2)C(C)C)cc1OC. The van der Waals surface area contributed by atoms with Gasteiger partial charge in [0.25, 0.3) is 5.91 Å². The van der Waals surface area contributed by atoms with Crippen LogP contribution in [-0.4, -0.2) is 44.0 Å². The minimum Gasteiger partial charge on any atom is -0.493 e. The summed E-state index contributed by atoms with van der Waals surface area (Å²) in [6, 6.07) is 8.51. The van der Waals surface area contributed by atoms with Crippen molar-refractivity contribution >= 4 is 23.2 Å². The summed E-state index contributed by atoms with van der Waals surface area (Å²) in [5, 5.41) is 4.70. The predicted molar refractivity (Wildman–Crippen MR) is 106 cm³/mol. The Balaban J connectivity index is 2.09. The van der Waals surface area contributed by atoms with Crippen molar-refractivity contribution in [1.29, 1.82) is 0 Å². The van der Waals surface area contributed by atoms with E-state index in [1.807, 2.05) is 43.5 Å². The summed E-state index contributed by atoms with van der Waals surface area (Å²) in [6.45, 7) is 4.24. The molecule has 0 radical (unpaired) electrons. The van der Waals surface area contributed by atoms with Gasteiger partial charge in [-0.05, 0) is 35.1 Å². The highest BCUT2D eigenvalue weighted by Crippen LogP contribution is 2.28. The summed E-state index contributed by atoms with van der Waals surface area (Å²) in [5.74, 6) is 0.858. The van der Waals surface area contributed by atoms with Crippen molar-refractivity contribution in [2.24, 2.45) is 5.92 Å². The summed E-state index contributed by atoms with van der Waals surface area (Å²) in [7, 11) is 4.88. The van der Waals surface area contributed by atoms with Gasteiger partial charge in [-0.2, -0.15) is 0 Å². The number of amides is 2. The van der Waals surface area contributed by atoms with Crippen LogP contribution in [0, 0.1) is 5.92 Å². The van der Waals surface area contributed by atoms with Gasteiger partial charge < -0.3 is 19.7 Å². The van der Waals surface area contributed by atoms with Gasteiger partial charge in [-0.1, -0.05) is 26.0 Å². The van der Waals surface area contributed by atoms with E-state index in [-0.39, 0.29) is 17.7 Å². The van der Waals surface area contributed by atoms with Gasteiger partial charge >= 0.3 is 0 Å². The molecule has 2 rings (SSSR count). The monoisotopic (exact) mass is 390 g/mol. The Morgan fingerprint density at radius 3 is 2.41 bits per heavy atom. The smallest absolute Gasteiger partial charge is 0.262 e. The van der Waals surface area contributed by atoms with E-state index in [9.17, 15) is 9.59 Å². The third kappa shape index (κ3) is 5.23. The number of methoxy groups -OCH3 is 2. The van der Waals surface area contributed by atoms with Crippen LogP contribution >= 0.6 is 11.3 Å². The number of ether oxygens (including phenoxy) is 2. The van der Waals surface area contributed by atoms with E-state index in [0.717, 1.165) is 5.56 Å². The van der Waals surface area contributed by atoms with Crippen LogP contribution in [0.15, 0.2) is 35.7 Å². The van der Waals surface area contributed by atoms with Crippen LogP contribution in [0.1, 0.15) is 29.1 Å². The van der Waals surface area contributed by atoms with Gasteiger partial charge in [-0.3, -0.25) is 9.59 Å². The van der Waals surface area contributed by atoms with E-state index < -0.39 is 6.04 Å². The fraction of sp³-hybridized carbons (Fsp3) is 0.400. The van der Waals surface area contributed by atoms with Crippen LogP contribution in [0.5, 0.6) is 11.5 Å². The average molecular weight is 391 g/mol. The number of likely N-dealkylation sites (N-methyl/N-ethyl adjacent to an activating group) is 1. The molecule has 0 aliphatic rings. The lowest BCUT2D eigenvalue weighted by atomic mass is 10.0. The van der Waals surface area contributed by atoms with Crippen molar-refractivity contribution in [3.63, 3.8) is 0 Å². The average Bonchev–Trinajstić information content (AvgIpc) is 3.19. The zero-order valence-corrected chi connectivity index (χ0v) is 17.1. The van der Waals surface area contributed by atoms with Gasteiger partial charge in [0.2, 0.25) is 5.91 Å². The lowest BCUT2D eigenvalue weighted by Crippen LogP contribution is -2.49. The first kappa shape index (κ1) is 20.8. The van der Waals surface area contributed by atoms with Crippen LogP contribution in [0.4, 0.5) is 0 Å². The first-order valence-electron chi connectivity index (χ1n) is 8.67. The molecule has 0 aliphatic heterocycles. The molecule has 146 valence electrons.